The maximum Gasteiger partial charge on any atom is 0.453 e. The Morgan fingerprint density at radius 2 is 1.60 bits per heavy atom. The normalized spacial score (nSPS) is 12.1. The SMILES string of the molecule is O=C(N[C@@H](Cc1c[nH]c2ccccc12)C(=O)Oc1ccc2c(=O)c(Oc3ccc(Cl)cc3)c(C(F)(F)F)oc2c1)OCc1ccccc1. The number of amides is 1. The number of alkyl halides is 3. The molecule has 48 heavy (non-hydrogen) atoms. The van der Waals surface area contributed by atoms with Gasteiger partial charge in [0.15, 0.2) is 0 Å². The van der Waals surface area contributed by atoms with Crippen LogP contribution in [0.1, 0.15) is 16.9 Å². The Hall–Kier alpha value is -5.75. The molecule has 2 heterocycles. The van der Waals surface area contributed by atoms with Gasteiger partial charge in [-0.3, -0.25) is 4.79 Å². The highest BCUT2D eigenvalue weighted by molar-refractivity contribution is 6.30. The number of rotatable bonds is 9. The fraction of sp³-hybridized carbons (Fsp3) is 0.114. The number of hydrogen-bond donors (Lipinski definition) is 2. The number of aromatic amines is 1. The number of hydrogen-bond acceptors (Lipinski definition) is 7. The number of benzene rings is 4. The fourth-order valence-electron chi connectivity index (χ4n) is 4.93. The molecular weight excluding hydrogens is 653 g/mol. The van der Waals surface area contributed by atoms with E-state index in [1.165, 1.54) is 30.3 Å². The minimum Gasteiger partial charge on any atom is -0.449 e. The van der Waals surface area contributed by atoms with E-state index in [9.17, 15) is 27.6 Å². The molecule has 4 aromatic carbocycles. The van der Waals surface area contributed by atoms with E-state index in [2.05, 4.69) is 10.3 Å². The summed E-state index contributed by atoms with van der Waals surface area (Å²) in [7, 11) is 0. The molecule has 6 rings (SSSR count). The number of alkyl carbamates (subject to hydrolysis) is 1. The van der Waals surface area contributed by atoms with Crippen LogP contribution in [0.4, 0.5) is 18.0 Å². The van der Waals surface area contributed by atoms with Gasteiger partial charge in [0.2, 0.25) is 11.2 Å². The largest absolute Gasteiger partial charge is 0.453 e. The maximum absolute atomic E-state index is 14.0. The molecule has 2 N–H and O–H groups in total. The molecule has 0 saturated carbocycles. The second kappa shape index (κ2) is 13.5. The van der Waals surface area contributed by atoms with Crippen LogP contribution in [0.3, 0.4) is 0 Å². The standard InChI is InChI=1S/C35H24ClF3N2O7/c36-22-10-12-23(13-11-22)46-31-30(42)26-15-14-24(17-29(26)48-32(31)35(37,38)39)47-33(43)28(16-21-18-40-27-9-5-4-8-25(21)27)41-34(44)45-19-20-6-2-1-3-7-20/h1-15,17-18,28,40H,16,19H2,(H,41,44)/t28-/m0/s1. The summed E-state index contributed by atoms with van der Waals surface area (Å²) in [6, 6.07) is 23.7. The molecule has 1 amide bonds. The monoisotopic (exact) mass is 676 g/mol. The van der Waals surface area contributed by atoms with E-state index >= 15 is 0 Å². The van der Waals surface area contributed by atoms with Gasteiger partial charge in [-0.25, -0.2) is 9.59 Å². The number of H-pyrrole nitrogens is 1. The molecule has 0 fully saturated rings. The Kier molecular flexibility index (Phi) is 9.08. The van der Waals surface area contributed by atoms with E-state index in [-0.39, 0.29) is 29.9 Å². The fourth-order valence-corrected chi connectivity index (χ4v) is 5.05. The van der Waals surface area contributed by atoms with Gasteiger partial charge in [0.1, 0.15) is 29.7 Å². The zero-order valence-electron chi connectivity index (χ0n) is 24.7. The predicted octanol–water partition coefficient (Wildman–Crippen LogP) is 8.18. The van der Waals surface area contributed by atoms with E-state index in [0.29, 0.717) is 10.6 Å². The molecule has 2 aromatic heterocycles. The first-order valence-electron chi connectivity index (χ1n) is 14.4. The number of para-hydroxylation sites is 1. The number of aromatic nitrogens is 1. The summed E-state index contributed by atoms with van der Waals surface area (Å²) in [6.45, 7) is -0.0590. The summed E-state index contributed by atoms with van der Waals surface area (Å²) in [4.78, 5) is 42.6. The number of nitrogens with one attached hydrogen (secondary N) is 2. The Morgan fingerprint density at radius 3 is 2.35 bits per heavy atom. The highest BCUT2D eigenvalue weighted by atomic mass is 35.5. The molecule has 9 nitrogen and oxygen atoms in total. The first kappa shape index (κ1) is 32.2. The summed E-state index contributed by atoms with van der Waals surface area (Å²) < 4.78 is 63.4. The lowest BCUT2D eigenvalue weighted by atomic mass is 10.1. The van der Waals surface area contributed by atoms with Crippen molar-refractivity contribution < 1.29 is 41.4 Å². The maximum atomic E-state index is 14.0. The smallest absolute Gasteiger partial charge is 0.449 e. The second-order valence-corrected chi connectivity index (χ2v) is 11.0. The molecule has 244 valence electrons. The van der Waals surface area contributed by atoms with Crippen molar-refractivity contribution in [3.05, 3.63) is 135 Å². The molecule has 6 aromatic rings. The Labute approximate surface area is 274 Å². The average Bonchev–Trinajstić information content (AvgIpc) is 3.48. The highest BCUT2D eigenvalue weighted by Crippen LogP contribution is 2.39. The molecule has 1 atom stereocenters. The molecular formula is C35H24ClF3N2O7. The van der Waals surface area contributed by atoms with Crippen LogP contribution in [-0.4, -0.2) is 23.1 Å². The van der Waals surface area contributed by atoms with Gasteiger partial charge >= 0.3 is 18.2 Å². The molecule has 0 spiro atoms. The zero-order chi connectivity index (χ0) is 33.8. The lowest BCUT2D eigenvalue weighted by Crippen LogP contribution is -2.44. The topological polar surface area (TPSA) is 120 Å². The minimum absolute atomic E-state index is 0.0183. The van der Waals surface area contributed by atoms with Crippen LogP contribution in [0.5, 0.6) is 17.2 Å². The van der Waals surface area contributed by atoms with Gasteiger partial charge in [-0.2, -0.15) is 13.2 Å². The Morgan fingerprint density at radius 1 is 0.896 bits per heavy atom. The van der Waals surface area contributed by atoms with Gasteiger partial charge in [-0.1, -0.05) is 60.1 Å². The molecule has 0 aliphatic heterocycles. The van der Waals surface area contributed by atoms with Crippen molar-refractivity contribution in [2.45, 2.75) is 25.2 Å². The van der Waals surface area contributed by atoms with Crippen molar-refractivity contribution in [3.8, 4) is 17.2 Å². The van der Waals surface area contributed by atoms with Crippen LogP contribution >= 0.6 is 11.6 Å². The van der Waals surface area contributed by atoms with Gasteiger partial charge in [0, 0.05) is 34.6 Å². The molecule has 0 unspecified atom stereocenters. The first-order valence-corrected chi connectivity index (χ1v) is 14.8. The molecule has 0 radical (unpaired) electrons. The van der Waals surface area contributed by atoms with Crippen molar-refractivity contribution in [2.75, 3.05) is 0 Å². The molecule has 0 aliphatic carbocycles. The number of fused-ring (bicyclic) bond motifs is 2. The van der Waals surface area contributed by atoms with Crippen molar-refractivity contribution in [1.29, 1.82) is 0 Å². The second-order valence-electron chi connectivity index (χ2n) is 10.5. The van der Waals surface area contributed by atoms with E-state index < -0.39 is 46.8 Å². The highest BCUT2D eigenvalue weighted by Gasteiger charge is 2.40. The molecule has 0 bridgehead atoms. The predicted molar refractivity (Wildman–Crippen MR) is 170 cm³/mol. The third-order valence-corrected chi connectivity index (χ3v) is 7.47. The van der Waals surface area contributed by atoms with Crippen LogP contribution in [0.15, 0.2) is 112 Å². The third kappa shape index (κ3) is 7.29. The van der Waals surface area contributed by atoms with Gasteiger partial charge in [0.05, 0.1) is 5.39 Å². The molecule has 13 heteroatoms. The number of ether oxygens (including phenoxy) is 3. The van der Waals surface area contributed by atoms with Gasteiger partial charge < -0.3 is 28.9 Å². The summed E-state index contributed by atoms with van der Waals surface area (Å²) >= 11 is 5.84. The van der Waals surface area contributed by atoms with Crippen LogP contribution in [-0.2, 0) is 28.7 Å². The summed E-state index contributed by atoms with van der Waals surface area (Å²) in [5.41, 5.74) is 0.598. The van der Waals surface area contributed by atoms with Crippen molar-refractivity contribution in [2.24, 2.45) is 0 Å². The van der Waals surface area contributed by atoms with E-state index in [0.717, 1.165) is 28.6 Å². The summed E-state index contributed by atoms with van der Waals surface area (Å²) in [6.07, 6.45) is -4.34. The van der Waals surface area contributed by atoms with Crippen molar-refractivity contribution in [3.63, 3.8) is 0 Å². The number of carbonyl (C=O) groups excluding carboxylic acids is 2. The van der Waals surface area contributed by atoms with Crippen LogP contribution < -0.4 is 20.2 Å². The van der Waals surface area contributed by atoms with E-state index in [1.54, 1.807) is 30.5 Å². The lowest BCUT2D eigenvalue weighted by molar-refractivity contribution is -0.154. The van der Waals surface area contributed by atoms with E-state index in [4.69, 9.17) is 30.2 Å². The molecule has 0 saturated heterocycles. The summed E-state index contributed by atoms with van der Waals surface area (Å²) in [5.74, 6) is -4.01. The van der Waals surface area contributed by atoms with Crippen LogP contribution in [0.2, 0.25) is 5.02 Å². The Bertz CT molecular complexity index is 2160. The van der Waals surface area contributed by atoms with Crippen LogP contribution in [0.25, 0.3) is 21.9 Å². The quantitative estimate of drug-likeness (QED) is 0.117. The lowest BCUT2D eigenvalue weighted by Gasteiger charge is -2.18. The average molecular weight is 677 g/mol. The first-order chi connectivity index (χ1) is 23.0. The summed E-state index contributed by atoms with van der Waals surface area (Å²) in [5, 5.41) is 3.38. The molecule has 0 aliphatic rings. The number of carbonyl (C=O) groups is 2. The van der Waals surface area contributed by atoms with Gasteiger partial charge in [0.25, 0.3) is 5.76 Å². The van der Waals surface area contributed by atoms with Gasteiger partial charge in [-0.15, -0.1) is 0 Å². The Balaban J connectivity index is 1.27. The minimum atomic E-state index is -5.11. The number of esters is 1. The van der Waals surface area contributed by atoms with Crippen molar-refractivity contribution in [1.82, 2.24) is 10.3 Å². The van der Waals surface area contributed by atoms with Crippen LogP contribution in [0, 0.1) is 0 Å². The van der Waals surface area contributed by atoms with Gasteiger partial charge in [-0.05, 0) is 53.6 Å². The van der Waals surface area contributed by atoms with Crippen molar-refractivity contribution >= 4 is 45.5 Å². The zero-order valence-corrected chi connectivity index (χ0v) is 25.4. The number of halogens is 4. The van der Waals surface area contributed by atoms with E-state index in [1.807, 2.05) is 30.3 Å². The third-order valence-electron chi connectivity index (χ3n) is 7.22.